The normalized spacial score (nSPS) is 17.5. The molecular formula is C14H12N4O3. The minimum Gasteiger partial charge on any atom is -0.472 e. The van der Waals surface area contributed by atoms with Crippen molar-refractivity contribution < 1.29 is 14.1 Å². The van der Waals surface area contributed by atoms with E-state index in [0.717, 1.165) is 0 Å². The number of carbonyl (C=O) groups is 1. The zero-order chi connectivity index (χ0) is 14.7. The summed E-state index contributed by atoms with van der Waals surface area (Å²) in [7, 11) is 0. The summed E-state index contributed by atoms with van der Waals surface area (Å²) in [6, 6.07) is 6.77. The van der Waals surface area contributed by atoms with Gasteiger partial charge in [-0.2, -0.15) is 5.26 Å². The predicted molar refractivity (Wildman–Crippen MR) is 70.4 cm³/mol. The van der Waals surface area contributed by atoms with Crippen molar-refractivity contribution in [3.8, 4) is 11.9 Å². The molecule has 106 valence electrons. The lowest BCUT2D eigenvalue weighted by Gasteiger charge is -2.15. The smallest absolute Gasteiger partial charge is 0.292 e. The van der Waals surface area contributed by atoms with Crippen LogP contribution in [0.4, 0.5) is 0 Å². The number of aromatic nitrogens is 2. The van der Waals surface area contributed by atoms with Gasteiger partial charge in [-0.1, -0.05) is 5.16 Å². The first-order chi connectivity index (χ1) is 10.3. The zero-order valence-electron chi connectivity index (χ0n) is 11.1. The van der Waals surface area contributed by atoms with E-state index in [-0.39, 0.29) is 17.8 Å². The number of hydrogen-bond acceptors (Lipinski definition) is 6. The van der Waals surface area contributed by atoms with E-state index in [1.54, 1.807) is 17.0 Å². The Morgan fingerprint density at radius 1 is 1.48 bits per heavy atom. The maximum atomic E-state index is 12.1. The number of nitrogens with zero attached hydrogens (tertiary/aromatic N) is 4. The molecule has 1 saturated heterocycles. The molecular weight excluding hydrogens is 272 g/mol. The van der Waals surface area contributed by atoms with Crippen molar-refractivity contribution in [3.63, 3.8) is 0 Å². The van der Waals surface area contributed by atoms with E-state index < -0.39 is 0 Å². The van der Waals surface area contributed by atoms with Crippen molar-refractivity contribution >= 4 is 5.91 Å². The second kappa shape index (κ2) is 5.63. The molecule has 0 radical (unpaired) electrons. The quantitative estimate of drug-likeness (QED) is 0.841. The molecule has 3 heterocycles. The molecule has 0 aromatic carbocycles. The molecule has 0 saturated carbocycles. The number of carbonyl (C=O) groups excluding carboxylic acids is 1. The third-order valence-corrected chi connectivity index (χ3v) is 3.23. The van der Waals surface area contributed by atoms with Crippen molar-refractivity contribution in [1.29, 1.82) is 5.26 Å². The number of hydrogen-bond donors (Lipinski definition) is 0. The standard InChI is InChI=1S/C14H12N4O3/c15-8-10-1-4-16-13(7-10)20-11-3-6-18(9-11)14(19)12-2-5-17-21-12/h1-2,4-5,7,11H,3,6,9H2. The SMILES string of the molecule is N#Cc1ccnc(OC2CCN(C(=O)c3ccno3)C2)c1. The van der Waals surface area contributed by atoms with Gasteiger partial charge in [0.25, 0.3) is 5.91 Å². The summed E-state index contributed by atoms with van der Waals surface area (Å²) in [5.41, 5.74) is 0.493. The molecule has 7 heteroatoms. The summed E-state index contributed by atoms with van der Waals surface area (Å²) in [4.78, 5) is 17.8. The average Bonchev–Trinajstić information content (AvgIpc) is 3.18. The van der Waals surface area contributed by atoms with Crippen molar-refractivity contribution in [2.24, 2.45) is 0 Å². The highest BCUT2D eigenvalue weighted by atomic mass is 16.5. The Bertz CT molecular complexity index is 678. The molecule has 1 aliphatic rings. The lowest BCUT2D eigenvalue weighted by atomic mass is 10.3. The zero-order valence-corrected chi connectivity index (χ0v) is 11.1. The number of amides is 1. The molecule has 1 atom stereocenters. The number of rotatable bonds is 3. The van der Waals surface area contributed by atoms with Gasteiger partial charge in [0.15, 0.2) is 0 Å². The fourth-order valence-corrected chi connectivity index (χ4v) is 2.20. The maximum absolute atomic E-state index is 12.1. The maximum Gasteiger partial charge on any atom is 0.292 e. The summed E-state index contributed by atoms with van der Waals surface area (Å²) >= 11 is 0. The van der Waals surface area contributed by atoms with Crippen molar-refractivity contribution in [1.82, 2.24) is 15.0 Å². The van der Waals surface area contributed by atoms with Gasteiger partial charge in [-0.3, -0.25) is 4.79 Å². The fourth-order valence-electron chi connectivity index (χ4n) is 2.20. The first-order valence-electron chi connectivity index (χ1n) is 6.49. The van der Waals surface area contributed by atoms with Crippen LogP contribution in [-0.4, -0.2) is 40.1 Å². The molecule has 2 aromatic heterocycles. The largest absolute Gasteiger partial charge is 0.472 e. The van der Waals surface area contributed by atoms with Crippen LogP contribution in [-0.2, 0) is 0 Å². The number of nitriles is 1. The summed E-state index contributed by atoms with van der Waals surface area (Å²) in [5.74, 6) is 0.422. The monoisotopic (exact) mass is 284 g/mol. The third-order valence-electron chi connectivity index (χ3n) is 3.23. The van der Waals surface area contributed by atoms with Crippen LogP contribution in [0.1, 0.15) is 22.5 Å². The summed E-state index contributed by atoms with van der Waals surface area (Å²) in [6.45, 7) is 1.04. The van der Waals surface area contributed by atoms with Crippen LogP contribution < -0.4 is 4.74 Å². The first kappa shape index (κ1) is 13.1. The molecule has 0 bridgehead atoms. The lowest BCUT2D eigenvalue weighted by molar-refractivity contribution is 0.0730. The van der Waals surface area contributed by atoms with Crippen molar-refractivity contribution in [2.45, 2.75) is 12.5 Å². The molecule has 0 N–H and O–H groups in total. The summed E-state index contributed by atoms with van der Waals surface area (Å²) in [6.07, 6.45) is 3.53. The summed E-state index contributed by atoms with van der Waals surface area (Å²) in [5, 5.41) is 12.4. The predicted octanol–water partition coefficient (Wildman–Crippen LogP) is 1.23. The minimum absolute atomic E-state index is 0.140. The molecule has 1 aliphatic heterocycles. The minimum atomic E-state index is -0.197. The van der Waals surface area contributed by atoms with Crippen molar-refractivity contribution in [2.75, 3.05) is 13.1 Å². The van der Waals surface area contributed by atoms with Gasteiger partial charge in [0.05, 0.1) is 24.4 Å². The van der Waals surface area contributed by atoms with Crippen LogP contribution in [0.15, 0.2) is 35.1 Å². The fraction of sp³-hybridized carbons (Fsp3) is 0.286. The van der Waals surface area contributed by atoms with E-state index >= 15 is 0 Å². The molecule has 0 aliphatic carbocycles. The number of pyridine rings is 1. The Balaban J connectivity index is 1.62. The average molecular weight is 284 g/mol. The highest BCUT2D eigenvalue weighted by Gasteiger charge is 2.30. The third kappa shape index (κ3) is 2.84. The van der Waals surface area contributed by atoms with Gasteiger partial charge in [-0.15, -0.1) is 0 Å². The van der Waals surface area contributed by atoms with Gasteiger partial charge in [-0.25, -0.2) is 4.98 Å². The second-order valence-corrected chi connectivity index (χ2v) is 4.65. The van der Waals surface area contributed by atoms with Gasteiger partial charge in [-0.05, 0) is 6.07 Å². The summed E-state index contributed by atoms with van der Waals surface area (Å²) < 4.78 is 10.6. The molecule has 2 aromatic rings. The van der Waals surface area contributed by atoms with Crippen LogP contribution in [0, 0.1) is 11.3 Å². The molecule has 3 rings (SSSR count). The Morgan fingerprint density at radius 3 is 3.14 bits per heavy atom. The van der Waals surface area contributed by atoms with Crippen LogP contribution in [0.3, 0.4) is 0 Å². The van der Waals surface area contributed by atoms with Gasteiger partial charge in [0.1, 0.15) is 6.10 Å². The Labute approximate surface area is 120 Å². The van der Waals surface area contributed by atoms with E-state index in [9.17, 15) is 4.79 Å². The van der Waals surface area contributed by atoms with Gasteiger partial charge >= 0.3 is 0 Å². The number of likely N-dealkylation sites (tertiary alicyclic amines) is 1. The van der Waals surface area contributed by atoms with Crippen LogP contribution in [0.2, 0.25) is 0 Å². The molecule has 1 unspecified atom stereocenters. The molecule has 7 nitrogen and oxygen atoms in total. The van der Waals surface area contributed by atoms with E-state index in [0.29, 0.717) is 31.0 Å². The lowest BCUT2D eigenvalue weighted by Crippen LogP contribution is -2.30. The Kier molecular flexibility index (Phi) is 3.51. The van der Waals surface area contributed by atoms with Crippen molar-refractivity contribution in [3.05, 3.63) is 41.9 Å². The Hall–Kier alpha value is -2.88. The second-order valence-electron chi connectivity index (χ2n) is 4.65. The van der Waals surface area contributed by atoms with Gasteiger partial charge in [0, 0.05) is 31.3 Å². The Morgan fingerprint density at radius 2 is 2.38 bits per heavy atom. The van der Waals surface area contributed by atoms with E-state index in [1.165, 1.54) is 18.5 Å². The highest BCUT2D eigenvalue weighted by molar-refractivity contribution is 5.91. The van der Waals surface area contributed by atoms with Crippen LogP contribution in [0.5, 0.6) is 5.88 Å². The highest BCUT2D eigenvalue weighted by Crippen LogP contribution is 2.19. The topological polar surface area (TPSA) is 92.2 Å². The van der Waals surface area contributed by atoms with Crippen LogP contribution in [0.25, 0.3) is 0 Å². The molecule has 1 amide bonds. The van der Waals surface area contributed by atoms with Gasteiger partial charge in [0.2, 0.25) is 11.6 Å². The van der Waals surface area contributed by atoms with Crippen LogP contribution >= 0.6 is 0 Å². The van der Waals surface area contributed by atoms with E-state index in [1.807, 2.05) is 6.07 Å². The van der Waals surface area contributed by atoms with E-state index in [4.69, 9.17) is 14.5 Å². The molecule has 1 fully saturated rings. The number of ether oxygens (including phenoxy) is 1. The molecule has 0 spiro atoms. The van der Waals surface area contributed by atoms with Gasteiger partial charge < -0.3 is 14.2 Å². The molecule has 21 heavy (non-hydrogen) atoms. The van der Waals surface area contributed by atoms with E-state index in [2.05, 4.69) is 10.1 Å². The first-order valence-corrected chi connectivity index (χ1v) is 6.49.